The minimum atomic E-state index is 0.474. The molecule has 1 heterocycles. The zero-order chi connectivity index (χ0) is 12.1. The molecule has 0 radical (unpaired) electrons. The minimum absolute atomic E-state index is 0.474. The van der Waals surface area contributed by atoms with Crippen LogP contribution in [0.1, 0.15) is 50.6 Å². The molecule has 1 aromatic rings. The number of nitrogens with one attached hydrogen (secondary N) is 1. The number of aromatic nitrogens is 1. The number of nitrogens with zero attached hydrogens (tertiary/aromatic N) is 1. The Kier molecular flexibility index (Phi) is 5.00. The summed E-state index contributed by atoms with van der Waals surface area (Å²) in [6.07, 6.45) is 3.36. The monoisotopic (exact) mass is 224 g/mol. The second kappa shape index (κ2) is 6.04. The fourth-order valence-electron chi connectivity index (χ4n) is 2.09. The maximum Gasteiger partial charge on any atom is 0.137 e. The smallest absolute Gasteiger partial charge is 0.137 e. The first-order valence-electron chi connectivity index (χ1n) is 6.26. The first kappa shape index (κ1) is 13.2. The van der Waals surface area contributed by atoms with Crippen LogP contribution >= 0.6 is 0 Å². The average molecular weight is 224 g/mol. The molecule has 1 unspecified atom stereocenters. The van der Waals surface area contributed by atoms with E-state index in [0.717, 1.165) is 17.9 Å². The minimum Gasteiger partial charge on any atom is -0.361 e. The number of aryl methyl sites for hydroxylation is 2. The topological polar surface area (TPSA) is 38.1 Å². The molecule has 3 nitrogen and oxygen atoms in total. The fourth-order valence-corrected chi connectivity index (χ4v) is 2.09. The molecule has 16 heavy (non-hydrogen) atoms. The van der Waals surface area contributed by atoms with Crippen molar-refractivity contribution in [2.24, 2.45) is 0 Å². The summed E-state index contributed by atoms with van der Waals surface area (Å²) >= 11 is 0. The van der Waals surface area contributed by atoms with Crippen molar-refractivity contribution in [3.63, 3.8) is 0 Å². The predicted molar refractivity (Wildman–Crippen MR) is 66.6 cm³/mol. The van der Waals surface area contributed by atoms with Gasteiger partial charge >= 0.3 is 0 Å². The van der Waals surface area contributed by atoms with E-state index in [-0.39, 0.29) is 0 Å². The van der Waals surface area contributed by atoms with E-state index in [1.807, 2.05) is 13.8 Å². The van der Waals surface area contributed by atoms with Gasteiger partial charge in [0.05, 0.1) is 5.69 Å². The van der Waals surface area contributed by atoms with Gasteiger partial charge in [-0.1, -0.05) is 19.0 Å². The molecule has 0 spiro atoms. The van der Waals surface area contributed by atoms with Crippen molar-refractivity contribution in [3.05, 3.63) is 17.0 Å². The van der Waals surface area contributed by atoms with Gasteiger partial charge in [-0.2, -0.15) is 0 Å². The maximum absolute atomic E-state index is 5.18. The van der Waals surface area contributed by atoms with E-state index < -0.39 is 0 Å². The molecule has 3 heteroatoms. The summed E-state index contributed by atoms with van der Waals surface area (Å²) in [5.74, 6) is 0.954. The fraction of sp³-hybridized carbons (Fsp3) is 0.769. The SMILES string of the molecule is CCC(CC)NC(C)Cc1c(C)noc1C. The highest BCUT2D eigenvalue weighted by atomic mass is 16.5. The van der Waals surface area contributed by atoms with Crippen molar-refractivity contribution in [1.82, 2.24) is 10.5 Å². The van der Waals surface area contributed by atoms with Crippen molar-refractivity contribution in [3.8, 4) is 0 Å². The molecule has 0 saturated heterocycles. The Labute approximate surface area is 98.6 Å². The van der Waals surface area contributed by atoms with Gasteiger partial charge in [0.25, 0.3) is 0 Å². The molecule has 0 aliphatic heterocycles. The van der Waals surface area contributed by atoms with E-state index >= 15 is 0 Å². The zero-order valence-corrected chi connectivity index (χ0v) is 11.1. The highest BCUT2D eigenvalue weighted by Crippen LogP contribution is 2.14. The summed E-state index contributed by atoms with van der Waals surface area (Å²) in [5.41, 5.74) is 2.28. The lowest BCUT2D eigenvalue weighted by atomic mass is 10.0. The van der Waals surface area contributed by atoms with E-state index in [4.69, 9.17) is 4.52 Å². The Balaban J connectivity index is 2.54. The van der Waals surface area contributed by atoms with E-state index in [1.54, 1.807) is 0 Å². The van der Waals surface area contributed by atoms with Gasteiger partial charge in [-0.3, -0.25) is 0 Å². The van der Waals surface area contributed by atoms with Gasteiger partial charge in [0.2, 0.25) is 0 Å². The largest absolute Gasteiger partial charge is 0.361 e. The van der Waals surface area contributed by atoms with Crippen molar-refractivity contribution >= 4 is 0 Å². The molecular weight excluding hydrogens is 200 g/mol. The Morgan fingerprint density at radius 3 is 2.31 bits per heavy atom. The number of hydrogen-bond acceptors (Lipinski definition) is 3. The van der Waals surface area contributed by atoms with Crippen LogP contribution in [0.15, 0.2) is 4.52 Å². The molecule has 0 bridgehead atoms. The van der Waals surface area contributed by atoms with E-state index in [0.29, 0.717) is 12.1 Å². The first-order valence-corrected chi connectivity index (χ1v) is 6.26. The van der Waals surface area contributed by atoms with Gasteiger partial charge < -0.3 is 9.84 Å². The zero-order valence-electron chi connectivity index (χ0n) is 11.1. The van der Waals surface area contributed by atoms with Gasteiger partial charge in [0, 0.05) is 17.6 Å². The summed E-state index contributed by atoms with van der Waals surface area (Å²) in [7, 11) is 0. The quantitative estimate of drug-likeness (QED) is 0.807. The molecule has 1 rings (SSSR count). The molecule has 0 fully saturated rings. The lowest BCUT2D eigenvalue weighted by Crippen LogP contribution is -2.37. The van der Waals surface area contributed by atoms with Crippen LogP contribution in [0.2, 0.25) is 0 Å². The normalized spacial score (nSPS) is 13.4. The van der Waals surface area contributed by atoms with Crippen LogP contribution in [0.4, 0.5) is 0 Å². The molecular formula is C13H24N2O. The third kappa shape index (κ3) is 3.34. The summed E-state index contributed by atoms with van der Waals surface area (Å²) in [6.45, 7) is 10.7. The molecule has 1 aromatic heterocycles. The lowest BCUT2D eigenvalue weighted by molar-refractivity contribution is 0.389. The first-order chi connectivity index (χ1) is 7.58. The molecule has 1 N–H and O–H groups in total. The predicted octanol–water partition coefficient (Wildman–Crippen LogP) is 3.00. The Morgan fingerprint density at radius 1 is 1.25 bits per heavy atom. The molecule has 0 amide bonds. The van der Waals surface area contributed by atoms with Gasteiger partial charge in [-0.05, 0) is 40.0 Å². The third-order valence-corrected chi connectivity index (χ3v) is 3.20. The Morgan fingerprint density at radius 2 is 1.88 bits per heavy atom. The van der Waals surface area contributed by atoms with Crippen LogP contribution in [0.5, 0.6) is 0 Å². The van der Waals surface area contributed by atoms with Gasteiger partial charge in [0.15, 0.2) is 0 Å². The van der Waals surface area contributed by atoms with Crippen LogP contribution in [0.3, 0.4) is 0 Å². The van der Waals surface area contributed by atoms with Gasteiger partial charge in [-0.25, -0.2) is 0 Å². The third-order valence-electron chi connectivity index (χ3n) is 3.20. The highest BCUT2D eigenvalue weighted by molar-refractivity contribution is 5.21. The molecule has 0 aliphatic rings. The van der Waals surface area contributed by atoms with Crippen LogP contribution in [0.25, 0.3) is 0 Å². The molecule has 0 aliphatic carbocycles. The molecule has 0 aromatic carbocycles. The van der Waals surface area contributed by atoms with E-state index in [1.165, 1.54) is 18.4 Å². The Bertz CT molecular complexity index is 296. The van der Waals surface area contributed by atoms with Crippen molar-refractivity contribution in [2.45, 2.75) is 66.0 Å². The van der Waals surface area contributed by atoms with Crippen LogP contribution < -0.4 is 5.32 Å². The van der Waals surface area contributed by atoms with Gasteiger partial charge in [0.1, 0.15) is 5.76 Å². The van der Waals surface area contributed by atoms with E-state index in [9.17, 15) is 0 Å². The standard InChI is InChI=1S/C13H24N2O/c1-6-12(7-2)14-9(3)8-13-10(4)15-16-11(13)5/h9,12,14H,6-8H2,1-5H3. The summed E-state index contributed by atoms with van der Waals surface area (Å²) < 4.78 is 5.18. The summed E-state index contributed by atoms with van der Waals surface area (Å²) in [4.78, 5) is 0. The Hall–Kier alpha value is -0.830. The van der Waals surface area contributed by atoms with Crippen molar-refractivity contribution < 1.29 is 4.52 Å². The van der Waals surface area contributed by atoms with Crippen molar-refractivity contribution in [2.75, 3.05) is 0 Å². The molecule has 92 valence electrons. The van der Waals surface area contributed by atoms with E-state index in [2.05, 4.69) is 31.2 Å². The van der Waals surface area contributed by atoms with Gasteiger partial charge in [-0.15, -0.1) is 0 Å². The maximum atomic E-state index is 5.18. The molecule has 0 saturated carbocycles. The highest BCUT2D eigenvalue weighted by Gasteiger charge is 2.14. The summed E-state index contributed by atoms with van der Waals surface area (Å²) in [6, 6.07) is 1.09. The average Bonchev–Trinajstić information content (AvgIpc) is 2.57. The number of rotatable bonds is 6. The lowest BCUT2D eigenvalue weighted by Gasteiger charge is -2.20. The van der Waals surface area contributed by atoms with Crippen LogP contribution in [-0.2, 0) is 6.42 Å². The van der Waals surface area contributed by atoms with Crippen molar-refractivity contribution in [1.29, 1.82) is 0 Å². The second-order valence-electron chi connectivity index (χ2n) is 4.59. The molecule has 1 atom stereocenters. The number of hydrogen-bond donors (Lipinski definition) is 1. The second-order valence-corrected chi connectivity index (χ2v) is 4.59. The summed E-state index contributed by atoms with van der Waals surface area (Å²) in [5, 5.41) is 7.63. The van der Waals surface area contributed by atoms with Crippen LogP contribution in [0, 0.1) is 13.8 Å². The van der Waals surface area contributed by atoms with Crippen LogP contribution in [-0.4, -0.2) is 17.2 Å².